The summed E-state index contributed by atoms with van der Waals surface area (Å²) >= 11 is 0. The van der Waals surface area contributed by atoms with E-state index in [0.717, 1.165) is 50.9 Å². The summed E-state index contributed by atoms with van der Waals surface area (Å²) in [6, 6.07) is 19.1. The van der Waals surface area contributed by atoms with Crippen LogP contribution in [0.2, 0.25) is 0 Å². The number of para-hydroxylation sites is 3. The molecule has 0 aliphatic rings. The molecular weight excluding hydrogens is 358 g/mol. The Morgan fingerprint density at radius 1 is 0.862 bits per heavy atom. The zero-order chi connectivity index (χ0) is 20.1. The molecule has 0 fully saturated rings. The lowest BCUT2D eigenvalue weighted by Crippen LogP contribution is -2.03. The molecule has 5 aromatic rings. The monoisotopic (exact) mass is 383 g/mol. The third kappa shape index (κ3) is 2.91. The van der Waals surface area contributed by atoms with Crippen molar-refractivity contribution in [2.45, 2.75) is 40.2 Å². The van der Waals surface area contributed by atoms with E-state index in [2.05, 4.69) is 80.8 Å². The van der Waals surface area contributed by atoms with Crippen LogP contribution < -0.4 is 0 Å². The summed E-state index contributed by atoms with van der Waals surface area (Å²) in [7, 11) is 0. The van der Waals surface area contributed by atoms with Crippen molar-refractivity contribution in [1.82, 2.24) is 14.5 Å². The predicted octanol–water partition coefficient (Wildman–Crippen LogP) is 6.78. The third-order valence-electron chi connectivity index (χ3n) is 5.39. The molecular formula is C25H25N3O. The van der Waals surface area contributed by atoms with Crippen molar-refractivity contribution in [3.63, 3.8) is 0 Å². The minimum atomic E-state index is 0.285. The van der Waals surface area contributed by atoms with Gasteiger partial charge in [-0.05, 0) is 56.5 Å². The highest BCUT2D eigenvalue weighted by Gasteiger charge is 2.20. The summed E-state index contributed by atoms with van der Waals surface area (Å²) in [5.41, 5.74) is 5.79. The Morgan fingerprint density at radius 2 is 1.69 bits per heavy atom. The normalized spacial score (nSPS) is 12.2. The van der Waals surface area contributed by atoms with E-state index in [1.54, 1.807) is 0 Å². The molecule has 0 atom stereocenters. The van der Waals surface area contributed by atoms with Gasteiger partial charge in [-0.1, -0.05) is 38.1 Å². The van der Waals surface area contributed by atoms with Crippen LogP contribution in [0.3, 0.4) is 0 Å². The van der Waals surface area contributed by atoms with Gasteiger partial charge in [0, 0.05) is 22.5 Å². The summed E-state index contributed by atoms with van der Waals surface area (Å²) in [6.45, 7) is 8.80. The number of fused-ring (bicyclic) bond motifs is 4. The molecule has 3 aromatic heterocycles. The zero-order valence-corrected chi connectivity index (χ0v) is 17.3. The highest BCUT2D eigenvalue weighted by Crippen LogP contribution is 2.37. The van der Waals surface area contributed by atoms with Crippen molar-refractivity contribution in [2.24, 2.45) is 5.92 Å². The molecule has 4 nitrogen and oxygen atoms in total. The van der Waals surface area contributed by atoms with Gasteiger partial charge in [-0.2, -0.15) is 0 Å². The number of pyridine rings is 1. The Balaban J connectivity index is 1.78. The number of nitrogens with zero attached hydrogens (tertiary/aromatic N) is 3. The van der Waals surface area contributed by atoms with Crippen LogP contribution in [0.4, 0.5) is 0 Å². The maximum atomic E-state index is 6.33. The van der Waals surface area contributed by atoms with Crippen molar-refractivity contribution in [3.05, 3.63) is 60.3 Å². The molecule has 146 valence electrons. The second kappa shape index (κ2) is 6.73. The first kappa shape index (κ1) is 17.9. The van der Waals surface area contributed by atoms with Crippen molar-refractivity contribution < 1.29 is 4.42 Å². The van der Waals surface area contributed by atoms with Crippen molar-refractivity contribution in [3.8, 4) is 11.4 Å². The maximum absolute atomic E-state index is 6.33. The van der Waals surface area contributed by atoms with Crippen LogP contribution in [0.15, 0.2) is 59.0 Å². The lowest BCUT2D eigenvalue weighted by atomic mass is 10.1. The number of hydrogen-bond donors (Lipinski definition) is 0. The van der Waals surface area contributed by atoms with Crippen LogP contribution in [-0.2, 0) is 6.42 Å². The first-order valence-electron chi connectivity index (χ1n) is 10.3. The molecule has 3 heterocycles. The molecule has 0 radical (unpaired) electrons. The quantitative estimate of drug-likeness (QED) is 0.344. The summed E-state index contributed by atoms with van der Waals surface area (Å²) in [6.07, 6.45) is 0.947. The summed E-state index contributed by atoms with van der Waals surface area (Å²) in [5.74, 6) is 1.50. The van der Waals surface area contributed by atoms with Crippen molar-refractivity contribution in [2.75, 3.05) is 0 Å². The molecule has 0 aliphatic carbocycles. The molecule has 4 heteroatoms. The van der Waals surface area contributed by atoms with Crippen LogP contribution in [-0.4, -0.2) is 14.5 Å². The van der Waals surface area contributed by atoms with Gasteiger partial charge in [0.2, 0.25) is 5.71 Å². The van der Waals surface area contributed by atoms with Crippen LogP contribution in [0.5, 0.6) is 0 Å². The fraction of sp³-hybridized carbons (Fsp3) is 0.280. The minimum absolute atomic E-state index is 0.285. The third-order valence-corrected chi connectivity index (χ3v) is 5.39. The zero-order valence-electron chi connectivity index (χ0n) is 17.3. The number of rotatable bonds is 4. The number of benzene rings is 2. The molecule has 0 saturated heterocycles. The van der Waals surface area contributed by atoms with Gasteiger partial charge in [0.25, 0.3) is 0 Å². The Hall–Kier alpha value is -3.14. The van der Waals surface area contributed by atoms with E-state index in [4.69, 9.17) is 14.4 Å². The minimum Gasteiger partial charge on any atom is -0.437 e. The standard InChI is InChI=1S/C25H25N3O/c1-15(2)14-17-12-13-19-18-8-7-9-20(23(18)29-25(19)26-17)24-27-21-10-5-6-11-22(21)28(24)16(3)4/h5-13,15-16H,14H2,1-4H3. The van der Waals surface area contributed by atoms with Gasteiger partial charge < -0.3 is 8.98 Å². The average Bonchev–Trinajstić information content (AvgIpc) is 3.25. The van der Waals surface area contributed by atoms with Gasteiger partial charge in [-0.25, -0.2) is 9.97 Å². The fourth-order valence-corrected chi connectivity index (χ4v) is 4.18. The van der Waals surface area contributed by atoms with E-state index < -0.39 is 0 Å². The van der Waals surface area contributed by atoms with Gasteiger partial charge in [0.15, 0.2) is 0 Å². The lowest BCUT2D eigenvalue weighted by molar-refractivity contribution is 0.616. The summed E-state index contributed by atoms with van der Waals surface area (Å²) in [5, 5.41) is 2.14. The van der Waals surface area contributed by atoms with Gasteiger partial charge >= 0.3 is 0 Å². The van der Waals surface area contributed by atoms with E-state index in [1.165, 1.54) is 0 Å². The first-order valence-corrected chi connectivity index (χ1v) is 10.3. The molecule has 0 spiro atoms. The van der Waals surface area contributed by atoms with E-state index in [9.17, 15) is 0 Å². The molecule has 0 N–H and O–H groups in total. The first-order chi connectivity index (χ1) is 14.0. The number of hydrogen-bond acceptors (Lipinski definition) is 3. The predicted molar refractivity (Wildman–Crippen MR) is 119 cm³/mol. The summed E-state index contributed by atoms with van der Waals surface area (Å²) in [4.78, 5) is 9.76. The Bertz CT molecular complexity index is 1340. The molecule has 0 aliphatic heterocycles. The van der Waals surface area contributed by atoms with Crippen LogP contribution in [0.1, 0.15) is 39.4 Å². The summed E-state index contributed by atoms with van der Waals surface area (Å²) < 4.78 is 8.61. The molecule has 5 rings (SSSR count). The van der Waals surface area contributed by atoms with Gasteiger partial charge in [-0.3, -0.25) is 0 Å². The number of aromatic nitrogens is 3. The highest BCUT2D eigenvalue weighted by molar-refractivity contribution is 6.08. The van der Waals surface area contributed by atoms with Crippen molar-refractivity contribution in [1.29, 1.82) is 0 Å². The van der Waals surface area contributed by atoms with E-state index in [0.29, 0.717) is 11.6 Å². The van der Waals surface area contributed by atoms with Crippen LogP contribution >= 0.6 is 0 Å². The molecule has 0 unspecified atom stereocenters. The molecule has 0 amide bonds. The van der Waals surface area contributed by atoms with Crippen LogP contribution in [0.25, 0.3) is 44.5 Å². The Morgan fingerprint density at radius 3 is 2.48 bits per heavy atom. The van der Waals surface area contributed by atoms with E-state index in [1.807, 2.05) is 6.07 Å². The lowest BCUT2D eigenvalue weighted by Gasteiger charge is -2.13. The smallest absolute Gasteiger partial charge is 0.227 e. The SMILES string of the molecule is CC(C)Cc1ccc2c(n1)oc1c(-c3nc4ccccc4n3C(C)C)cccc12. The Labute approximate surface area is 170 Å². The highest BCUT2D eigenvalue weighted by atomic mass is 16.3. The molecule has 0 saturated carbocycles. The molecule has 29 heavy (non-hydrogen) atoms. The largest absolute Gasteiger partial charge is 0.437 e. The number of furan rings is 1. The topological polar surface area (TPSA) is 43.9 Å². The fourth-order valence-electron chi connectivity index (χ4n) is 4.18. The van der Waals surface area contributed by atoms with Gasteiger partial charge in [-0.15, -0.1) is 0 Å². The van der Waals surface area contributed by atoms with Crippen LogP contribution in [0, 0.1) is 5.92 Å². The molecule has 2 aromatic carbocycles. The van der Waals surface area contributed by atoms with Gasteiger partial charge in [0.1, 0.15) is 11.4 Å². The van der Waals surface area contributed by atoms with E-state index >= 15 is 0 Å². The second-order valence-corrected chi connectivity index (χ2v) is 8.43. The van der Waals surface area contributed by atoms with E-state index in [-0.39, 0.29) is 6.04 Å². The second-order valence-electron chi connectivity index (χ2n) is 8.43. The average molecular weight is 383 g/mol. The number of imidazole rings is 1. The van der Waals surface area contributed by atoms with Crippen molar-refractivity contribution >= 4 is 33.1 Å². The Kier molecular flexibility index (Phi) is 4.16. The van der Waals surface area contributed by atoms with Gasteiger partial charge in [0.05, 0.1) is 16.6 Å². The molecule has 0 bridgehead atoms. The maximum Gasteiger partial charge on any atom is 0.227 e.